The third kappa shape index (κ3) is 9.60. The van der Waals surface area contributed by atoms with Gasteiger partial charge < -0.3 is 19.7 Å². The summed E-state index contributed by atoms with van der Waals surface area (Å²) in [4.78, 5) is 36.1. The Balaban J connectivity index is 2.43. The average molecular weight is 402 g/mol. The molecule has 0 aliphatic rings. The first-order chi connectivity index (χ1) is 13.1. The van der Waals surface area contributed by atoms with Gasteiger partial charge in [0.05, 0.1) is 6.54 Å². The van der Waals surface area contributed by atoms with Crippen molar-refractivity contribution in [2.45, 2.75) is 19.7 Å². The Morgan fingerprint density at radius 1 is 1.18 bits per heavy atom. The number of nitrogens with one attached hydrogen (secondary N) is 1. The van der Waals surface area contributed by atoms with Crippen molar-refractivity contribution in [2.24, 2.45) is 0 Å². The van der Waals surface area contributed by atoms with Crippen LogP contribution in [-0.2, 0) is 19.1 Å². The number of hydrogen-bond acceptors (Lipinski definition) is 5. The van der Waals surface area contributed by atoms with Crippen LogP contribution < -0.4 is 10.1 Å². The Morgan fingerprint density at radius 3 is 2.39 bits per heavy atom. The Kier molecular flexibility index (Phi) is 9.00. The quantitative estimate of drug-likeness (QED) is 0.505. The van der Waals surface area contributed by atoms with Crippen LogP contribution in [0.3, 0.4) is 0 Å². The number of nitrogens with zero attached hydrogens (tertiary/aromatic N) is 1. The normalized spacial score (nSPS) is 11.2. The highest BCUT2D eigenvalue weighted by Crippen LogP contribution is 2.22. The van der Waals surface area contributed by atoms with Crippen LogP contribution in [0.4, 0.5) is 13.2 Å². The maximum Gasteiger partial charge on any atom is 0.573 e. The van der Waals surface area contributed by atoms with Crippen molar-refractivity contribution in [2.75, 3.05) is 26.7 Å². The van der Waals surface area contributed by atoms with Crippen LogP contribution in [0.15, 0.2) is 30.3 Å². The second-order valence-corrected chi connectivity index (χ2v) is 5.66. The highest BCUT2D eigenvalue weighted by Gasteiger charge is 2.30. The van der Waals surface area contributed by atoms with Gasteiger partial charge in [-0.15, -0.1) is 13.2 Å². The second kappa shape index (κ2) is 11.0. The van der Waals surface area contributed by atoms with Crippen molar-refractivity contribution in [1.82, 2.24) is 10.2 Å². The highest BCUT2D eigenvalue weighted by molar-refractivity contribution is 5.90. The summed E-state index contributed by atoms with van der Waals surface area (Å²) >= 11 is 0. The van der Waals surface area contributed by atoms with Crippen molar-refractivity contribution in [3.8, 4) is 5.75 Å². The number of rotatable bonds is 9. The van der Waals surface area contributed by atoms with Crippen molar-refractivity contribution >= 4 is 23.9 Å². The van der Waals surface area contributed by atoms with E-state index in [9.17, 15) is 27.6 Å². The monoisotopic (exact) mass is 402 g/mol. The lowest BCUT2D eigenvalue weighted by molar-refractivity contribution is -0.274. The fourth-order valence-corrected chi connectivity index (χ4v) is 1.86. The van der Waals surface area contributed by atoms with E-state index in [0.717, 1.165) is 29.5 Å². The van der Waals surface area contributed by atoms with Gasteiger partial charge in [-0.1, -0.05) is 19.1 Å². The van der Waals surface area contributed by atoms with Gasteiger partial charge in [0.2, 0.25) is 5.91 Å². The summed E-state index contributed by atoms with van der Waals surface area (Å²) < 4.78 is 44.7. The van der Waals surface area contributed by atoms with Gasteiger partial charge in [0.15, 0.2) is 6.61 Å². The summed E-state index contributed by atoms with van der Waals surface area (Å²) in [6.45, 7) is 1.70. The van der Waals surface area contributed by atoms with E-state index in [1.54, 1.807) is 0 Å². The topological polar surface area (TPSA) is 84.9 Å². The summed E-state index contributed by atoms with van der Waals surface area (Å²) in [7, 11) is 1.40. The number of benzene rings is 1. The van der Waals surface area contributed by atoms with Crippen molar-refractivity contribution < 1.29 is 37.0 Å². The molecule has 1 aromatic rings. The standard InChI is InChI=1S/C18H21F3N2O5/c1-3-10-22-15(24)11-23(2)16(25)12-27-17(26)9-6-13-4-7-14(8-5-13)28-18(19,20)21/h4-9H,3,10-12H2,1-2H3,(H,22,24)/b9-6+. The predicted octanol–water partition coefficient (Wildman–Crippen LogP) is 2.13. The molecular formula is C18H21F3N2O5. The fourth-order valence-electron chi connectivity index (χ4n) is 1.86. The van der Waals surface area contributed by atoms with Gasteiger partial charge in [-0.3, -0.25) is 9.59 Å². The fraction of sp³-hybridized carbons (Fsp3) is 0.389. The van der Waals surface area contributed by atoms with E-state index in [0.29, 0.717) is 12.1 Å². The minimum Gasteiger partial charge on any atom is -0.452 e. The molecular weight excluding hydrogens is 381 g/mol. The number of ether oxygens (including phenoxy) is 2. The first kappa shape index (κ1) is 23.0. The van der Waals surface area contributed by atoms with E-state index in [-0.39, 0.29) is 18.2 Å². The highest BCUT2D eigenvalue weighted by atomic mass is 19.4. The maximum absolute atomic E-state index is 12.1. The van der Waals surface area contributed by atoms with Crippen molar-refractivity contribution in [3.63, 3.8) is 0 Å². The Labute approximate surface area is 160 Å². The number of esters is 1. The minimum atomic E-state index is -4.78. The van der Waals surface area contributed by atoms with Crippen LogP contribution in [-0.4, -0.2) is 55.8 Å². The molecule has 0 radical (unpaired) electrons. The zero-order chi connectivity index (χ0) is 21.2. The minimum absolute atomic E-state index is 0.154. The molecule has 0 aliphatic heterocycles. The number of halogens is 3. The molecule has 154 valence electrons. The molecule has 0 saturated heterocycles. The molecule has 1 N–H and O–H groups in total. The third-order valence-corrected chi connectivity index (χ3v) is 3.24. The van der Waals surface area contributed by atoms with Gasteiger partial charge in [-0.05, 0) is 30.2 Å². The molecule has 7 nitrogen and oxygen atoms in total. The number of likely N-dealkylation sites (N-methyl/N-ethyl adjacent to an activating group) is 1. The van der Waals surface area contributed by atoms with Crippen molar-refractivity contribution in [3.05, 3.63) is 35.9 Å². The smallest absolute Gasteiger partial charge is 0.452 e. The van der Waals surface area contributed by atoms with Crippen LogP contribution in [0.1, 0.15) is 18.9 Å². The van der Waals surface area contributed by atoms with E-state index in [1.807, 2.05) is 6.92 Å². The van der Waals surface area contributed by atoms with E-state index < -0.39 is 24.8 Å². The molecule has 0 aliphatic carbocycles. The lowest BCUT2D eigenvalue weighted by Crippen LogP contribution is -2.40. The van der Waals surface area contributed by atoms with Crippen molar-refractivity contribution in [1.29, 1.82) is 0 Å². The molecule has 0 heterocycles. The molecule has 0 bridgehead atoms. The summed E-state index contributed by atoms with van der Waals surface area (Å²) in [5, 5.41) is 2.61. The molecule has 0 saturated carbocycles. The summed E-state index contributed by atoms with van der Waals surface area (Å²) in [6.07, 6.45) is -1.67. The molecule has 28 heavy (non-hydrogen) atoms. The van der Waals surface area contributed by atoms with E-state index in [4.69, 9.17) is 4.74 Å². The Bertz CT molecular complexity index is 702. The second-order valence-electron chi connectivity index (χ2n) is 5.66. The zero-order valence-corrected chi connectivity index (χ0v) is 15.4. The zero-order valence-electron chi connectivity index (χ0n) is 15.4. The molecule has 10 heteroatoms. The number of carbonyl (C=O) groups is 3. The Hall–Kier alpha value is -3.04. The summed E-state index contributed by atoms with van der Waals surface area (Å²) in [5.41, 5.74) is 0.433. The van der Waals surface area contributed by atoms with Gasteiger partial charge in [0.1, 0.15) is 5.75 Å². The first-order valence-electron chi connectivity index (χ1n) is 8.32. The summed E-state index contributed by atoms with van der Waals surface area (Å²) in [5.74, 6) is -2.07. The van der Waals surface area contributed by atoms with Gasteiger partial charge in [0.25, 0.3) is 5.91 Å². The van der Waals surface area contributed by atoms with Crippen LogP contribution >= 0.6 is 0 Å². The van der Waals surface area contributed by atoms with Crippen LogP contribution in [0, 0.1) is 0 Å². The SMILES string of the molecule is CCCNC(=O)CN(C)C(=O)COC(=O)/C=C/c1ccc(OC(F)(F)F)cc1. The van der Waals surface area contributed by atoms with Gasteiger partial charge in [-0.25, -0.2) is 4.79 Å². The van der Waals surface area contributed by atoms with Crippen LogP contribution in [0.5, 0.6) is 5.75 Å². The maximum atomic E-state index is 12.1. The first-order valence-corrected chi connectivity index (χ1v) is 8.32. The number of amides is 2. The van der Waals surface area contributed by atoms with E-state index in [2.05, 4.69) is 10.1 Å². The predicted molar refractivity (Wildman–Crippen MR) is 94.1 cm³/mol. The molecule has 1 aromatic carbocycles. The van der Waals surface area contributed by atoms with E-state index in [1.165, 1.54) is 25.3 Å². The lowest BCUT2D eigenvalue weighted by atomic mass is 10.2. The number of carbonyl (C=O) groups excluding carboxylic acids is 3. The molecule has 2 amide bonds. The van der Waals surface area contributed by atoms with Crippen LogP contribution in [0.2, 0.25) is 0 Å². The molecule has 0 atom stereocenters. The lowest BCUT2D eigenvalue weighted by Gasteiger charge is -2.16. The third-order valence-electron chi connectivity index (χ3n) is 3.24. The molecule has 0 aromatic heterocycles. The van der Waals surface area contributed by atoms with Crippen LogP contribution in [0.25, 0.3) is 6.08 Å². The molecule has 0 unspecified atom stereocenters. The van der Waals surface area contributed by atoms with Gasteiger partial charge in [0, 0.05) is 19.7 Å². The molecule has 0 fully saturated rings. The van der Waals surface area contributed by atoms with Gasteiger partial charge in [-0.2, -0.15) is 0 Å². The number of hydrogen-bond donors (Lipinski definition) is 1. The summed E-state index contributed by atoms with van der Waals surface area (Å²) in [6, 6.07) is 4.83. The Morgan fingerprint density at radius 2 is 1.82 bits per heavy atom. The van der Waals surface area contributed by atoms with E-state index >= 15 is 0 Å². The number of alkyl halides is 3. The largest absolute Gasteiger partial charge is 0.573 e. The average Bonchev–Trinajstić information content (AvgIpc) is 2.62. The molecule has 1 rings (SSSR count). The van der Waals surface area contributed by atoms with Gasteiger partial charge >= 0.3 is 12.3 Å². The molecule has 0 spiro atoms.